The molecule has 0 heterocycles. The number of carbonyl (C=O) groups is 1. The minimum atomic E-state index is -0.949. The van der Waals surface area contributed by atoms with Gasteiger partial charge in [0, 0.05) is 5.56 Å². The molecule has 0 saturated heterocycles. The molecule has 4 nitrogen and oxygen atoms in total. The van der Waals surface area contributed by atoms with Crippen LogP contribution in [0.1, 0.15) is 35.6 Å². The number of carboxylic acids is 1. The largest absolute Gasteiger partial charge is 0.493 e. The normalized spacial score (nSPS) is 14.5. The highest BCUT2D eigenvalue weighted by Gasteiger charge is 2.26. The quantitative estimate of drug-likeness (QED) is 0.811. The summed E-state index contributed by atoms with van der Waals surface area (Å²) in [5.41, 5.74) is 5.49. The van der Waals surface area contributed by atoms with E-state index in [1.165, 1.54) is 12.1 Å². The van der Waals surface area contributed by atoms with Crippen LogP contribution < -0.4 is 9.47 Å². The third-order valence-corrected chi connectivity index (χ3v) is 4.83. The lowest BCUT2D eigenvalue weighted by molar-refractivity contribution is -0.135. The summed E-state index contributed by atoms with van der Waals surface area (Å²) in [5.74, 6) is -0.0830. The van der Waals surface area contributed by atoms with E-state index in [0.29, 0.717) is 22.6 Å². The van der Waals surface area contributed by atoms with E-state index in [2.05, 4.69) is 0 Å². The Balaban J connectivity index is 2.23. The van der Waals surface area contributed by atoms with Crippen LogP contribution in [0.3, 0.4) is 0 Å². The molecule has 0 unspecified atom stereocenters. The van der Waals surface area contributed by atoms with Crippen molar-refractivity contribution in [2.24, 2.45) is 0 Å². The summed E-state index contributed by atoms with van der Waals surface area (Å²) in [5, 5.41) is 9.26. The number of rotatable bonds is 5. The van der Waals surface area contributed by atoms with E-state index < -0.39 is 5.97 Å². The van der Waals surface area contributed by atoms with Gasteiger partial charge in [0.2, 0.25) is 0 Å². The molecule has 0 fully saturated rings. The molecule has 0 aromatic heterocycles. The second-order valence-corrected chi connectivity index (χ2v) is 6.46. The number of fused-ring (bicyclic) bond motifs is 1. The van der Waals surface area contributed by atoms with Gasteiger partial charge in [-0.25, -0.2) is 4.39 Å². The molecule has 0 bridgehead atoms. The van der Waals surface area contributed by atoms with Gasteiger partial charge in [-0.3, -0.25) is 4.79 Å². The zero-order valence-corrected chi connectivity index (χ0v) is 15.7. The summed E-state index contributed by atoms with van der Waals surface area (Å²) >= 11 is 0. The molecule has 0 saturated carbocycles. The van der Waals surface area contributed by atoms with Crippen molar-refractivity contribution in [3.8, 4) is 11.5 Å². The van der Waals surface area contributed by atoms with Gasteiger partial charge in [-0.05, 0) is 65.5 Å². The first-order valence-electron chi connectivity index (χ1n) is 8.52. The fraction of sp³-hybridized carbons (Fsp3) is 0.227. The van der Waals surface area contributed by atoms with Crippen molar-refractivity contribution in [1.29, 1.82) is 0 Å². The summed E-state index contributed by atoms with van der Waals surface area (Å²) < 4.78 is 24.8. The maximum absolute atomic E-state index is 13.8. The van der Waals surface area contributed by atoms with Gasteiger partial charge in [-0.2, -0.15) is 0 Å². The summed E-state index contributed by atoms with van der Waals surface area (Å²) in [7, 11) is 3.17. The first-order chi connectivity index (χ1) is 12.9. The topological polar surface area (TPSA) is 55.8 Å². The minimum Gasteiger partial charge on any atom is -0.493 e. The lowest BCUT2D eigenvalue weighted by atomic mass is 9.99. The fourth-order valence-electron chi connectivity index (χ4n) is 3.54. The number of aliphatic carboxylic acids is 1. The van der Waals surface area contributed by atoms with Gasteiger partial charge in [0.05, 0.1) is 20.6 Å². The maximum Gasteiger partial charge on any atom is 0.307 e. The molecule has 2 aromatic carbocycles. The number of hydrogen-bond donors (Lipinski definition) is 1. The Hall–Kier alpha value is -3.08. The van der Waals surface area contributed by atoms with E-state index in [4.69, 9.17) is 9.47 Å². The molecule has 140 valence electrons. The monoisotopic (exact) mass is 368 g/mol. The first kappa shape index (κ1) is 18.7. The Morgan fingerprint density at radius 1 is 1.07 bits per heavy atom. The average molecular weight is 368 g/mol. The predicted octanol–water partition coefficient (Wildman–Crippen LogP) is 4.95. The Morgan fingerprint density at radius 2 is 1.78 bits per heavy atom. The van der Waals surface area contributed by atoms with Crippen molar-refractivity contribution in [3.63, 3.8) is 0 Å². The fourth-order valence-corrected chi connectivity index (χ4v) is 3.54. The second-order valence-electron chi connectivity index (χ2n) is 6.46. The standard InChI is InChI=1S/C22H21FO4/c1-12-5-6-14(22(27-4)21(12)26-3)9-17-13(2)18(11-20(24)25)19-10-15(23)7-8-16(17)19/h5-10H,11H2,1-4H3,(H,24,25)/b17-9-. The van der Waals surface area contributed by atoms with Gasteiger partial charge < -0.3 is 14.6 Å². The number of allylic oxidation sites excluding steroid dienone is 2. The van der Waals surface area contributed by atoms with E-state index in [1.54, 1.807) is 20.3 Å². The van der Waals surface area contributed by atoms with E-state index in [-0.39, 0.29) is 12.2 Å². The lowest BCUT2D eigenvalue weighted by Gasteiger charge is -2.14. The molecule has 0 radical (unpaired) electrons. The maximum atomic E-state index is 13.8. The number of hydrogen-bond acceptors (Lipinski definition) is 3. The molecule has 1 N–H and O–H groups in total. The molecule has 0 amide bonds. The van der Waals surface area contributed by atoms with Crippen LogP contribution in [-0.2, 0) is 4.79 Å². The molecule has 2 aromatic rings. The number of carboxylic acid groups (broad SMARTS) is 1. The second kappa shape index (κ2) is 7.27. The van der Waals surface area contributed by atoms with Crippen LogP contribution in [0.2, 0.25) is 0 Å². The molecule has 0 spiro atoms. The number of benzene rings is 2. The zero-order chi connectivity index (χ0) is 19.7. The van der Waals surface area contributed by atoms with Crippen LogP contribution in [-0.4, -0.2) is 25.3 Å². The van der Waals surface area contributed by atoms with Crippen LogP contribution in [0.4, 0.5) is 4.39 Å². The molecule has 0 aliphatic heterocycles. The highest BCUT2D eigenvalue weighted by Crippen LogP contribution is 2.45. The lowest BCUT2D eigenvalue weighted by Crippen LogP contribution is -1.97. The minimum absolute atomic E-state index is 0.159. The van der Waals surface area contributed by atoms with E-state index in [1.807, 2.05) is 32.1 Å². The van der Waals surface area contributed by atoms with Gasteiger partial charge in [-0.15, -0.1) is 0 Å². The number of methoxy groups -OCH3 is 2. The zero-order valence-electron chi connectivity index (χ0n) is 15.7. The molecular formula is C22H21FO4. The molecule has 0 atom stereocenters. The van der Waals surface area contributed by atoms with Crippen molar-refractivity contribution in [2.45, 2.75) is 20.3 Å². The third kappa shape index (κ3) is 3.33. The molecule has 27 heavy (non-hydrogen) atoms. The number of halogens is 1. The molecule has 3 rings (SSSR count). The Kier molecular flexibility index (Phi) is 5.04. The molecule has 5 heteroatoms. The number of aryl methyl sites for hydroxylation is 1. The Bertz CT molecular complexity index is 986. The van der Waals surface area contributed by atoms with Crippen LogP contribution in [0.25, 0.3) is 17.2 Å². The Morgan fingerprint density at radius 3 is 2.41 bits per heavy atom. The van der Waals surface area contributed by atoms with E-state index in [9.17, 15) is 14.3 Å². The first-order valence-corrected chi connectivity index (χ1v) is 8.52. The van der Waals surface area contributed by atoms with Crippen LogP contribution in [0.15, 0.2) is 35.9 Å². The van der Waals surface area contributed by atoms with Crippen molar-refractivity contribution >= 4 is 23.2 Å². The van der Waals surface area contributed by atoms with Crippen molar-refractivity contribution in [1.82, 2.24) is 0 Å². The predicted molar refractivity (Wildman–Crippen MR) is 103 cm³/mol. The van der Waals surface area contributed by atoms with Gasteiger partial charge >= 0.3 is 5.97 Å². The van der Waals surface area contributed by atoms with Crippen molar-refractivity contribution in [3.05, 3.63) is 64.0 Å². The summed E-state index contributed by atoms with van der Waals surface area (Å²) in [6.45, 7) is 3.79. The summed E-state index contributed by atoms with van der Waals surface area (Å²) in [4.78, 5) is 11.3. The van der Waals surface area contributed by atoms with E-state index in [0.717, 1.165) is 27.8 Å². The van der Waals surface area contributed by atoms with Crippen molar-refractivity contribution in [2.75, 3.05) is 14.2 Å². The third-order valence-electron chi connectivity index (χ3n) is 4.83. The SMILES string of the molecule is COc1c(C)ccc(/C=C2/C(C)=C(CC(=O)O)c3cc(F)ccc32)c1OC. The smallest absolute Gasteiger partial charge is 0.307 e. The van der Waals surface area contributed by atoms with Gasteiger partial charge in [0.1, 0.15) is 5.82 Å². The van der Waals surface area contributed by atoms with Crippen molar-refractivity contribution < 1.29 is 23.8 Å². The molecule has 1 aliphatic carbocycles. The summed E-state index contributed by atoms with van der Waals surface area (Å²) in [6.07, 6.45) is 1.77. The Labute approximate surface area is 157 Å². The van der Waals surface area contributed by atoms with Crippen LogP contribution in [0.5, 0.6) is 11.5 Å². The highest BCUT2D eigenvalue weighted by atomic mass is 19.1. The number of ether oxygens (including phenoxy) is 2. The molecule has 1 aliphatic rings. The molecular weight excluding hydrogens is 347 g/mol. The van der Waals surface area contributed by atoms with Crippen LogP contribution >= 0.6 is 0 Å². The van der Waals surface area contributed by atoms with Gasteiger partial charge in [0.25, 0.3) is 0 Å². The van der Waals surface area contributed by atoms with Gasteiger partial charge in [-0.1, -0.05) is 18.2 Å². The van der Waals surface area contributed by atoms with Gasteiger partial charge in [0.15, 0.2) is 11.5 Å². The average Bonchev–Trinajstić information content (AvgIpc) is 2.87. The highest BCUT2D eigenvalue weighted by molar-refractivity contribution is 6.07. The summed E-state index contributed by atoms with van der Waals surface area (Å²) in [6, 6.07) is 8.33. The van der Waals surface area contributed by atoms with E-state index >= 15 is 0 Å². The van der Waals surface area contributed by atoms with Crippen LogP contribution in [0, 0.1) is 12.7 Å².